The van der Waals surface area contributed by atoms with Gasteiger partial charge in [-0.25, -0.2) is 9.50 Å². The van der Waals surface area contributed by atoms with Gasteiger partial charge in [-0.3, -0.25) is 0 Å². The largest absolute Gasteiger partial charge is 0.454 e. The third kappa shape index (κ3) is 2.51. The van der Waals surface area contributed by atoms with Crippen molar-refractivity contribution in [3.63, 3.8) is 0 Å². The van der Waals surface area contributed by atoms with Gasteiger partial charge in [0.25, 0.3) is 0 Å². The molecule has 4 aromatic rings. The van der Waals surface area contributed by atoms with Gasteiger partial charge in [0.05, 0.1) is 6.20 Å². The smallest absolute Gasteiger partial charge is 0.155 e. The minimum Gasteiger partial charge on any atom is -0.454 e. The van der Waals surface area contributed by atoms with Gasteiger partial charge in [0, 0.05) is 25.6 Å². The second-order valence-corrected chi connectivity index (χ2v) is 5.75. The number of aromatic nitrogens is 3. The first-order valence-electron chi connectivity index (χ1n) is 7.92. The van der Waals surface area contributed by atoms with E-state index in [0.29, 0.717) is 6.42 Å². The summed E-state index contributed by atoms with van der Waals surface area (Å²) in [6, 6.07) is 13.8. The number of rotatable bonds is 5. The lowest BCUT2D eigenvalue weighted by Crippen LogP contribution is -2.21. The molecular formula is C18H18N4O2. The molecule has 0 spiro atoms. The number of furan rings is 1. The lowest BCUT2D eigenvalue weighted by Gasteiger charge is -2.17. The van der Waals surface area contributed by atoms with Crippen molar-refractivity contribution in [2.24, 2.45) is 0 Å². The number of aliphatic hydroxyl groups is 1. The van der Waals surface area contributed by atoms with Crippen molar-refractivity contribution in [2.75, 3.05) is 25.1 Å². The molecule has 0 saturated carbocycles. The molecule has 4 rings (SSSR count). The predicted octanol–water partition coefficient (Wildman–Crippen LogP) is 2.96. The van der Waals surface area contributed by atoms with E-state index < -0.39 is 0 Å². The Morgan fingerprint density at radius 1 is 1.21 bits per heavy atom. The summed E-state index contributed by atoms with van der Waals surface area (Å²) in [5, 5.41) is 14.7. The monoisotopic (exact) mass is 322 g/mol. The van der Waals surface area contributed by atoms with E-state index in [2.05, 4.69) is 10.1 Å². The van der Waals surface area contributed by atoms with Crippen molar-refractivity contribution in [3.8, 4) is 11.5 Å². The molecule has 0 bridgehead atoms. The van der Waals surface area contributed by atoms with Crippen molar-refractivity contribution >= 4 is 22.4 Å². The number of imidazole rings is 1. The van der Waals surface area contributed by atoms with Gasteiger partial charge in [-0.15, -0.1) is 5.10 Å². The number of hydrogen-bond acceptors (Lipinski definition) is 5. The van der Waals surface area contributed by atoms with Crippen LogP contribution in [0, 0.1) is 0 Å². The topological polar surface area (TPSA) is 66.8 Å². The van der Waals surface area contributed by atoms with Crippen LogP contribution in [0.25, 0.3) is 28.1 Å². The van der Waals surface area contributed by atoms with E-state index in [1.54, 1.807) is 10.7 Å². The fourth-order valence-electron chi connectivity index (χ4n) is 2.77. The predicted molar refractivity (Wildman–Crippen MR) is 93.2 cm³/mol. The quantitative estimate of drug-likeness (QED) is 0.612. The average molecular weight is 322 g/mol. The van der Waals surface area contributed by atoms with E-state index in [-0.39, 0.29) is 6.61 Å². The molecule has 1 N–H and O–H groups in total. The highest BCUT2D eigenvalue weighted by Crippen LogP contribution is 2.28. The number of fused-ring (bicyclic) bond motifs is 2. The third-order valence-electron chi connectivity index (χ3n) is 4.07. The SMILES string of the molecule is CN(CCCO)c1ccc2ncc(-c3cc4ccccc4o3)n2n1. The minimum atomic E-state index is 0.169. The van der Waals surface area contributed by atoms with Crippen LogP contribution < -0.4 is 4.90 Å². The fraction of sp³-hybridized carbons (Fsp3) is 0.222. The lowest BCUT2D eigenvalue weighted by atomic mass is 10.2. The number of nitrogens with zero attached hydrogens (tertiary/aromatic N) is 4. The first-order valence-corrected chi connectivity index (χ1v) is 7.92. The number of para-hydroxylation sites is 1. The van der Waals surface area contributed by atoms with Crippen LogP contribution in [0.1, 0.15) is 6.42 Å². The molecule has 6 nitrogen and oxygen atoms in total. The van der Waals surface area contributed by atoms with E-state index in [0.717, 1.165) is 40.4 Å². The van der Waals surface area contributed by atoms with Gasteiger partial charge in [0.2, 0.25) is 0 Å². The summed E-state index contributed by atoms with van der Waals surface area (Å²) < 4.78 is 7.73. The van der Waals surface area contributed by atoms with E-state index in [9.17, 15) is 0 Å². The van der Waals surface area contributed by atoms with Gasteiger partial charge in [0.15, 0.2) is 11.4 Å². The zero-order valence-electron chi connectivity index (χ0n) is 13.4. The Balaban J connectivity index is 1.78. The van der Waals surface area contributed by atoms with Crippen LogP contribution in [0.2, 0.25) is 0 Å². The highest BCUT2D eigenvalue weighted by molar-refractivity contribution is 5.82. The Hall–Kier alpha value is -2.86. The van der Waals surface area contributed by atoms with Gasteiger partial charge < -0.3 is 14.4 Å². The molecule has 24 heavy (non-hydrogen) atoms. The van der Waals surface area contributed by atoms with Crippen LogP contribution in [0.3, 0.4) is 0 Å². The second-order valence-electron chi connectivity index (χ2n) is 5.75. The van der Waals surface area contributed by atoms with E-state index in [1.807, 2.05) is 54.4 Å². The van der Waals surface area contributed by atoms with E-state index in [1.165, 1.54) is 0 Å². The number of hydrogen-bond donors (Lipinski definition) is 1. The van der Waals surface area contributed by atoms with Gasteiger partial charge >= 0.3 is 0 Å². The molecule has 0 amide bonds. The molecule has 0 aliphatic heterocycles. The molecule has 0 atom stereocenters. The van der Waals surface area contributed by atoms with E-state index >= 15 is 0 Å². The zero-order valence-corrected chi connectivity index (χ0v) is 13.4. The summed E-state index contributed by atoms with van der Waals surface area (Å²) in [5.74, 6) is 1.57. The Bertz CT molecular complexity index is 956. The molecular weight excluding hydrogens is 304 g/mol. The first kappa shape index (κ1) is 14.7. The maximum atomic E-state index is 8.99. The molecule has 1 aromatic carbocycles. The van der Waals surface area contributed by atoms with Gasteiger partial charge in [-0.05, 0) is 30.7 Å². The van der Waals surface area contributed by atoms with Crippen molar-refractivity contribution < 1.29 is 9.52 Å². The van der Waals surface area contributed by atoms with Crippen LogP contribution in [-0.4, -0.2) is 39.9 Å². The van der Waals surface area contributed by atoms with Crippen LogP contribution in [-0.2, 0) is 0 Å². The van der Waals surface area contributed by atoms with Crippen LogP contribution in [0.4, 0.5) is 5.82 Å². The van der Waals surface area contributed by atoms with E-state index in [4.69, 9.17) is 9.52 Å². The Morgan fingerprint density at radius 3 is 2.92 bits per heavy atom. The zero-order chi connectivity index (χ0) is 16.5. The van der Waals surface area contributed by atoms with Gasteiger partial charge in [0.1, 0.15) is 17.1 Å². The van der Waals surface area contributed by atoms with Crippen LogP contribution in [0.5, 0.6) is 0 Å². The Labute approximate surface area is 139 Å². The molecule has 0 saturated heterocycles. The summed E-state index contributed by atoms with van der Waals surface area (Å²) in [6.07, 6.45) is 2.48. The summed E-state index contributed by atoms with van der Waals surface area (Å²) >= 11 is 0. The molecule has 0 aliphatic rings. The van der Waals surface area contributed by atoms with Crippen molar-refractivity contribution in [1.29, 1.82) is 0 Å². The van der Waals surface area contributed by atoms with Crippen LogP contribution in [0.15, 0.2) is 53.1 Å². The highest BCUT2D eigenvalue weighted by atomic mass is 16.3. The summed E-state index contributed by atoms with van der Waals surface area (Å²) in [7, 11) is 1.96. The molecule has 3 aromatic heterocycles. The van der Waals surface area contributed by atoms with Gasteiger partial charge in [-0.2, -0.15) is 0 Å². The number of benzene rings is 1. The molecule has 0 radical (unpaired) electrons. The summed E-state index contributed by atoms with van der Waals surface area (Å²) in [4.78, 5) is 6.42. The molecule has 6 heteroatoms. The molecule has 0 fully saturated rings. The summed E-state index contributed by atoms with van der Waals surface area (Å²) in [5.41, 5.74) is 2.43. The average Bonchev–Trinajstić information content (AvgIpc) is 3.22. The Kier molecular flexibility index (Phi) is 3.66. The first-order chi connectivity index (χ1) is 11.8. The van der Waals surface area contributed by atoms with Crippen molar-refractivity contribution in [2.45, 2.75) is 6.42 Å². The fourth-order valence-corrected chi connectivity index (χ4v) is 2.77. The molecule has 122 valence electrons. The second kappa shape index (κ2) is 5.98. The minimum absolute atomic E-state index is 0.169. The molecule has 0 aliphatic carbocycles. The molecule has 3 heterocycles. The molecule has 0 unspecified atom stereocenters. The maximum Gasteiger partial charge on any atom is 0.155 e. The van der Waals surface area contributed by atoms with Crippen molar-refractivity contribution in [1.82, 2.24) is 14.6 Å². The van der Waals surface area contributed by atoms with Crippen molar-refractivity contribution in [3.05, 3.63) is 48.7 Å². The Morgan fingerprint density at radius 2 is 2.08 bits per heavy atom. The third-order valence-corrected chi connectivity index (χ3v) is 4.07. The lowest BCUT2D eigenvalue weighted by molar-refractivity contribution is 0.290. The maximum absolute atomic E-state index is 8.99. The van der Waals surface area contributed by atoms with Gasteiger partial charge in [-0.1, -0.05) is 18.2 Å². The normalized spacial score (nSPS) is 11.4. The van der Waals surface area contributed by atoms with Crippen LogP contribution >= 0.6 is 0 Å². The standard InChI is InChI=1S/C18H18N4O2/c1-21(9-4-10-23)18-8-7-17-19-12-14(22(17)20-18)16-11-13-5-2-3-6-15(13)24-16/h2-3,5-8,11-12,23H,4,9-10H2,1H3. The highest BCUT2D eigenvalue weighted by Gasteiger charge is 2.13. The number of anilines is 1. The number of aliphatic hydroxyl groups excluding tert-OH is 1. The summed E-state index contributed by atoms with van der Waals surface area (Å²) in [6.45, 7) is 0.908.